The molecule has 0 N–H and O–H groups in total. The molecule has 1 fully saturated rings. The number of carbonyl (C=O) groups excluding carboxylic acids is 1. The summed E-state index contributed by atoms with van der Waals surface area (Å²) in [4.78, 5) is 16.5. The smallest absolute Gasteiger partial charge is 0.246 e. The minimum atomic E-state index is -0.406. The summed E-state index contributed by atoms with van der Waals surface area (Å²) < 4.78 is 32.9. The molecule has 33 heavy (non-hydrogen) atoms. The van der Waals surface area contributed by atoms with Crippen LogP contribution >= 0.6 is 11.3 Å². The Labute approximate surface area is 196 Å². The van der Waals surface area contributed by atoms with E-state index in [0.717, 1.165) is 29.8 Å². The molecule has 1 amide bonds. The van der Waals surface area contributed by atoms with Gasteiger partial charge >= 0.3 is 0 Å². The predicted molar refractivity (Wildman–Crippen MR) is 127 cm³/mol. The molecule has 3 aromatic rings. The van der Waals surface area contributed by atoms with E-state index < -0.39 is 6.10 Å². The number of benzene rings is 2. The second-order valence-electron chi connectivity index (χ2n) is 7.91. The predicted octanol–water partition coefficient (Wildman–Crippen LogP) is 4.99. The third-order valence-electron chi connectivity index (χ3n) is 5.68. The zero-order valence-electron chi connectivity index (χ0n) is 18.2. The Morgan fingerprint density at radius 1 is 0.939 bits per heavy atom. The fraction of sp³-hybridized carbons (Fsp3) is 0.269. The van der Waals surface area contributed by atoms with Crippen LogP contribution in [0.25, 0.3) is 6.08 Å². The van der Waals surface area contributed by atoms with Gasteiger partial charge in [-0.15, -0.1) is 0 Å². The van der Waals surface area contributed by atoms with E-state index >= 15 is 0 Å². The lowest BCUT2D eigenvalue weighted by atomic mass is 10.0. The van der Waals surface area contributed by atoms with E-state index in [1.807, 2.05) is 27.8 Å². The van der Waals surface area contributed by atoms with Gasteiger partial charge in [0.05, 0.1) is 6.61 Å². The van der Waals surface area contributed by atoms with Crippen LogP contribution in [0, 0.1) is 11.6 Å². The second-order valence-corrected chi connectivity index (χ2v) is 8.69. The Morgan fingerprint density at radius 2 is 1.55 bits per heavy atom. The standard InChI is InChI=1S/C26H26F2N2O2S/c27-23-6-2-21(3-7-23)26(22-4-8-24(28)9-5-22)32-17-16-29-12-14-30(15-13-29)25(31)10-1-20-11-18-33-19-20/h1-11,18-19,26H,12-17H2/b10-1+. The number of thiophene rings is 1. The summed E-state index contributed by atoms with van der Waals surface area (Å²) in [6.45, 7) is 4.08. The Bertz CT molecular complexity index is 999. The molecule has 0 atom stereocenters. The molecule has 0 aliphatic carbocycles. The molecule has 4 nitrogen and oxygen atoms in total. The molecule has 0 spiro atoms. The molecule has 2 aromatic carbocycles. The van der Waals surface area contributed by atoms with Crippen molar-refractivity contribution in [1.82, 2.24) is 9.80 Å². The number of amides is 1. The lowest BCUT2D eigenvalue weighted by Crippen LogP contribution is -2.49. The summed E-state index contributed by atoms with van der Waals surface area (Å²) in [7, 11) is 0. The van der Waals surface area contributed by atoms with Crippen LogP contribution in [0.5, 0.6) is 0 Å². The average Bonchev–Trinajstić information content (AvgIpc) is 3.36. The van der Waals surface area contributed by atoms with E-state index in [2.05, 4.69) is 4.90 Å². The fourth-order valence-corrected chi connectivity index (χ4v) is 4.42. The first-order valence-corrected chi connectivity index (χ1v) is 11.9. The Kier molecular flexibility index (Phi) is 7.99. The molecule has 2 heterocycles. The van der Waals surface area contributed by atoms with Crippen LogP contribution in [0.2, 0.25) is 0 Å². The van der Waals surface area contributed by atoms with Crippen molar-refractivity contribution in [3.05, 3.63) is 99.8 Å². The molecule has 0 bridgehead atoms. The number of ether oxygens (including phenoxy) is 1. The molecule has 4 rings (SSSR count). The van der Waals surface area contributed by atoms with Gasteiger partial charge in [-0.05, 0) is 63.9 Å². The Balaban J connectivity index is 1.28. The Morgan fingerprint density at radius 3 is 2.09 bits per heavy atom. The first-order valence-electron chi connectivity index (χ1n) is 10.9. The third kappa shape index (κ3) is 6.57. The highest BCUT2D eigenvalue weighted by atomic mass is 32.1. The minimum absolute atomic E-state index is 0.0322. The maximum absolute atomic E-state index is 13.4. The van der Waals surface area contributed by atoms with Crippen molar-refractivity contribution in [3.8, 4) is 0 Å². The highest BCUT2D eigenvalue weighted by molar-refractivity contribution is 7.08. The van der Waals surface area contributed by atoms with E-state index in [0.29, 0.717) is 26.2 Å². The SMILES string of the molecule is O=C(/C=C/c1ccsc1)N1CCN(CCOC(c2ccc(F)cc2)c2ccc(F)cc2)CC1. The highest BCUT2D eigenvalue weighted by Gasteiger charge is 2.21. The van der Waals surface area contributed by atoms with Gasteiger partial charge in [0.2, 0.25) is 5.91 Å². The number of carbonyl (C=O) groups is 1. The van der Waals surface area contributed by atoms with E-state index in [1.165, 1.54) is 24.3 Å². The maximum atomic E-state index is 13.4. The summed E-state index contributed by atoms with van der Waals surface area (Å²) in [6.07, 6.45) is 3.08. The van der Waals surface area contributed by atoms with Gasteiger partial charge in [0.1, 0.15) is 17.7 Å². The molecule has 1 aliphatic heterocycles. The van der Waals surface area contributed by atoms with Crippen molar-refractivity contribution in [2.75, 3.05) is 39.3 Å². The second kappa shape index (κ2) is 11.3. The number of hydrogen-bond acceptors (Lipinski definition) is 4. The van der Waals surface area contributed by atoms with Crippen molar-refractivity contribution in [1.29, 1.82) is 0 Å². The maximum Gasteiger partial charge on any atom is 0.246 e. The van der Waals surface area contributed by atoms with Crippen molar-refractivity contribution < 1.29 is 18.3 Å². The summed E-state index contributed by atoms with van der Waals surface area (Å²) >= 11 is 1.61. The van der Waals surface area contributed by atoms with Crippen molar-refractivity contribution >= 4 is 23.3 Å². The molecule has 7 heteroatoms. The van der Waals surface area contributed by atoms with E-state index in [1.54, 1.807) is 41.7 Å². The molecular weight excluding hydrogens is 442 g/mol. The molecule has 0 unspecified atom stereocenters. The van der Waals surface area contributed by atoms with Crippen LogP contribution < -0.4 is 0 Å². The Hall–Kier alpha value is -2.87. The summed E-state index contributed by atoms with van der Waals surface area (Å²) in [5.41, 5.74) is 2.67. The van der Waals surface area contributed by atoms with E-state index in [9.17, 15) is 13.6 Å². The molecule has 0 saturated carbocycles. The monoisotopic (exact) mass is 468 g/mol. The van der Waals surface area contributed by atoms with Crippen LogP contribution in [0.15, 0.2) is 71.4 Å². The highest BCUT2D eigenvalue weighted by Crippen LogP contribution is 2.26. The lowest BCUT2D eigenvalue weighted by molar-refractivity contribution is -0.127. The van der Waals surface area contributed by atoms with Crippen LogP contribution in [0.3, 0.4) is 0 Å². The molecule has 1 saturated heterocycles. The lowest BCUT2D eigenvalue weighted by Gasteiger charge is -2.34. The molecule has 0 radical (unpaired) electrons. The van der Waals surface area contributed by atoms with Crippen LogP contribution in [-0.2, 0) is 9.53 Å². The van der Waals surface area contributed by atoms with Crippen molar-refractivity contribution in [2.45, 2.75) is 6.10 Å². The van der Waals surface area contributed by atoms with Crippen molar-refractivity contribution in [2.24, 2.45) is 0 Å². The van der Waals surface area contributed by atoms with Gasteiger partial charge in [0.15, 0.2) is 0 Å². The molecule has 172 valence electrons. The van der Waals surface area contributed by atoms with Crippen LogP contribution in [-0.4, -0.2) is 55.0 Å². The molecule has 1 aromatic heterocycles. The van der Waals surface area contributed by atoms with Gasteiger partial charge in [-0.1, -0.05) is 24.3 Å². The third-order valence-corrected chi connectivity index (χ3v) is 6.38. The van der Waals surface area contributed by atoms with Crippen LogP contribution in [0.1, 0.15) is 22.8 Å². The quantitative estimate of drug-likeness (QED) is 0.437. The summed E-state index contributed by atoms with van der Waals surface area (Å²) in [6, 6.07) is 14.4. The molecular formula is C26H26F2N2O2S. The van der Waals surface area contributed by atoms with Gasteiger partial charge in [-0.3, -0.25) is 9.69 Å². The summed E-state index contributed by atoms with van der Waals surface area (Å²) in [5, 5.41) is 3.99. The van der Waals surface area contributed by atoms with Gasteiger partial charge in [0, 0.05) is 38.8 Å². The zero-order valence-corrected chi connectivity index (χ0v) is 19.0. The normalized spacial score (nSPS) is 14.9. The number of piperazine rings is 1. The minimum Gasteiger partial charge on any atom is -0.367 e. The van der Waals surface area contributed by atoms with Crippen molar-refractivity contribution in [3.63, 3.8) is 0 Å². The average molecular weight is 469 g/mol. The topological polar surface area (TPSA) is 32.8 Å². The molecule has 1 aliphatic rings. The first-order chi connectivity index (χ1) is 16.1. The fourth-order valence-electron chi connectivity index (χ4n) is 3.79. The number of halogens is 2. The van der Waals surface area contributed by atoms with Gasteiger partial charge in [-0.2, -0.15) is 11.3 Å². The van der Waals surface area contributed by atoms with Gasteiger partial charge < -0.3 is 9.64 Å². The number of nitrogens with zero attached hydrogens (tertiary/aromatic N) is 2. The number of hydrogen-bond donors (Lipinski definition) is 0. The number of rotatable bonds is 8. The summed E-state index contributed by atoms with van der Waals surface area (Å²) in [5.74, 6) is -0.590. The van der Waals surface area contributed by atoms with Gasteiger partial charge in [0.25, 0.3) is 0 Å². The largest absolute Gasteiger partial charge is 0.367 e. The first kappa shape index (κ1) is 23.3. The van der Waals surface area contributed by atoms with Gasteiger partial charge in [-0.25, -0.2) is 8.78 Å². The zero-order chi connectivity index (χ0) is 23.0. The van der Waals surface area contributed by atoms with Crippen LogP contribution in [0.4, 0.5) is 8.78 Å². The van der Waals surface area contributed by atoms with E-state index in [4.69, 9.17) is 4.74 Å². The van der Waals surface area contributed by atoms with E-state index in [-0.39, 0.29) is 17.5 Å².